The molecule has 6 nitrogen and oxygen atoms in total. The molecule has 0 saturated carbocycles. The van der Waals surface area contributed by atoms with Crippen LogP contribution >= 0.6 is 23.1 Å². The van der Waals surface area contributed by atoms with Gasteiger partial charge < -0.3 is 10.2 Å². The van der Waals surface area contributed by atoms with Crippen LogP contribution in [-0.4, -0.2) is 34.3 Å². The molecule has 2 aromatic rings. The number of benzene rings is 1. The second-order valence-corrected chi connectivity index (χ2v) is 7.52. The van der Waals surface area contributed by atoms with Crippen molar-refractivity contribution in [3.63, 3.8) is 0 Å². The number of nitrogens with one attached hydrogen (secondary N) is 1. The Bertz CT molecular complexity index is 705. The highest BCUT2D eigenvalue weighted by Gasteiger charge is 2.35. The number of anilines is 2. The van der Waals surface area contributed by atoms with E-state index in [2.05, 4.69) is 15.5 Å². The van der Waals surface area contributed by atoms with Crippen molar-refractivity contribution in [2.45, 2.75) is 17.7 Å². The fourth-order valence-corrected chi connectivity index (χ4v) is 4.04. The van der Waals surface area contributed by atoms with Crippen LogP contribution in [0.25, 0.3) is 0 Å². The highest BCUT2D eigenvalue weighted by Crippen LogP contribution is 2.28. The summed E-state index contributed by atoms with van der Waals surface area (Å²) < 4.78 is 0.830. The second-order valence-electron chi connectivity index (χ2n) is 5.04. The first-order chi connectivity index (χ1) is 11.2. The average molecular weight is 348 g/mol. The Labute approximate surface area is 142 Å². The third kappa shape index (κ3) is 3.70. The Balaban J connectivity index is 1.63. The molecule has 0 unspecified atom stereocenters. The normalized spacial score (nSPS) is 17.5. The average Bonchev–Trinajstić information content (AvgIpc) is 3.15. The first-order valence-corrected chi connectivity index (χ1v) is 9.10. The summed E-state index contributed by atoms with van der Waals surface area (Å²) in [6.07, 6.45) is 0.218. The van der Waals surface area contributed by atoms with Gasteiger partial charge in [-0.05, 0) is 17.9 Å². The third-order valence-corrected chi connectivity index (χ3v) is 5.32. The highest BCUT2D eigenvalue weighted by atomic mass is 32.2. The number of nitrogens with zero attached hydrogens (tertiary/aromatic N) is 3. The predicted molar refractivity (Wildman–Crippen MR) is 91.8 cm³/mol. The fourth-order valence-electron chi connectivity index (χ4n) is 2.39. The third-order valence-electron chi connectivity index (χ3n) is 3.47. The summed E-state index contributed by atoms with van der Waals surface area (Å²) in [6.45, 7) is 2.43. The van der Waals surface area contributed by atoms with Crippen molar-refractivity contribution in [3.8, 4) is 0 Å². The van der Waals surface area contributed by atoms with Gasteiger partial charge in [0.2, 0.25) is 16.9 Å². The lowest BCUT2D eigenvalue weighted by Gasteiger charge is -2.16. The summed E-state index contributed by atoms with van der Waals surface area (Å²) in [6, 6.07) is 9.40. The van der Waals surface area contributed by atoms with Gasteiger partial charge in [-0.3, -0.25) is 9.59 Å². The van der Waals surface area contributed by atoms with E-state index in [1.165, 1.54) is 11.3 Å². The largest absolute Gasteiger partial charge is 0.312 e. The van der Waals surface area contributed by atoms with Crippen LogP contribution < -0.4 is 10.2 Å². The monoisotopic (exact) mass is 348 g/mol. The molecule has 23 heavy (non-hydrogen) atoms. The van der Waals surface area contributed by atoms with Crippen LogP contribution in [0.15, 0.2) is 34.7 Å². The smallest absolute Gasteiger partial charge is 0.231 e. The second kappa shape index (κ2) is 7.10. The number of para-hydroxylation sites is 1. The Morgan fingerprint density at radius 3 is 2.91 bits per heavy atom. The number of hydrogen-bond acceptors (Lipinski definition) is 6. The van der Waals surface area contributed by atoms with Crippen LogP contribution in [0.5, 0.6) is 0 Å². The van der Waals surface area contributed by atoms with E-state index in [-0.39, 0.29) is 24.2 Å². The molecule has 1 N–H and O–H groups in total. The Morgan fingerprint density at radius 2 is 2.17 bits per heavy atom. The molecule has 1 aromatic carbocycles. The van der Waals surface area contributed by atoms with Crippen LogP contribution in [0.1, 0.15) is 13.3 Å². The summed E-state index contributed by atoms with van der Waals surface area (Å²) in [5.74, 6) is 0.330. The van der Waals surface area contributed by atoms with Gasteiger partial charge in [0.1, 0.15) is 0 Å². The van der Waals surface area contributed by atoms with E-state index < -0.39 is 0 Å². The number of hydrogen-bond donors (Lipinski definition) is 1. The lowest BCUT2D eigenvalue weighted by molar-refractivity contribution is -0.122. The Kier molecular flexibility index (Phi) is 4.92. The molecule has 0 bridgehead atoms. The molecule has 1 saturated heterocycles. The minimum absolute atomic E-state index is 0.0316. The molecule has 1 aliphatic heterocycles. The van der Waals surface area contributed by atoms with E-state index in [0.717, 1.165) is 15.8 Å². The molecule has 0 spiro atoms. The quantitative estimate of drug-likeness (QED) is 0.664. The van der Waals surface area contributed by atoms with E-state index in [1.54, 1.807) is 16.7 Å². The SMILES string of the molecule is CCSc1nnc(NC(=O)[C@H]2CC(=O)N(c3ccccc3)C2)s1. The number of carbonyl (C=O) groups is 2. The van der Waals surface area contributed by atoms with Gasteiger partial charge in [-0.25, -0.2) is 0 Å². The summed E-state index contributed by atoms with van der Waals surface area (Å²) >= 11 is 2.94. The van der Waals surface area contributed by atoms with E-state index in [0.29, 0.717) is 11.7 Å². The van der Waals surface area contributed by atoms with Gasteiger partial charge in [0.05, 0.1) is 5.92 Å². The number of carbonyl (C=O) groups excluding carboxylic acids is 2. The molecule has 1 fully saturated rings. The van der Waals surface area contributed by atoms with Crippen molar-refractivity contribution in [1.29, 1.82) is 0 Å². The van der Waals surface area contributed by atoms with Crippen LogP contribution in [0.3, 0.4) is 0 Å². The maximum absolute atomic E-state index is 12.3. The predicted octanol–water partition coefficient (Wildman–Crippen LogP) is 2.64. The van der Waals surface area contributed by atoms with Gasteiger partial charge in [-0.15, -0.1) is 10.2 Å². The number of amides is 2. The lowest BCUT2D eigenvalue weighted by atomic mass is 10.1. The molecule has 120 valence electrons. The van der Waals surface area contributed by atoms with Gasteiger partial charge in [-0.1, -0.05) is 48.2 Å². The summed E-state index contributed by atoms with van der Waals surface area (Å²) in [5.41, 5.74) is 0.824. The van der Waals surface area contributed by atoms with Crippen LogP contribution in [0.2, 0.25) is 0 Å². The highest BCUT2D eigenvalue weighted by molar-refractivity contribution is 8.01. The zero-order valence-corrected chi connectivity index (χ0v) is 14.2. The molecular formula is C15H16N4O2S2. The Hall–Kier alpha value is -1.93. The molecule has 1 aromatic heterocycles. The van der Waals surface area contributed by atoms with Crippen molar-refractivity contribution < 1.29 is 9.59 Å². The van der Waals surface area contributed by atoms with Gasteiger partial charge in [0, 0.05) is 18.7 Å². The van der Waals surface area contributed by atoms with Gasteiger partial charge >= 0.3 is 0 Å². The topological polar surface area (TPSA) is 75.2 Å². The summed E-state index contributed by atoms with van der Waals surface area (Å²) in [4.78, 5) is 26.2. The minimum Gasteiger partial charge on any atom is -0.312 e. The molecule has 1 atom stereocenters. The zero-order valence-electron chi connectivity index (χ0n) is 12.6. The molecule has 2 heterocycles. The first-order valence-electron chi connectivity index (χ1n) is 7.30. The first kappa shape index (κ1) is 15.9. The van der Waals surface area contributed by atoms with E-state index in [9.17, 15) is 9.59 Å². The van der Waals surface area contributed by atoms with Crippen molar-refractivity contribution >= 4 is 45.7 Å². The van der Waals surface area contributed by atoms with Crippen molar-refractivity contribution in [2.24, 2.45) is 5.92 Å². The summed E-state index contributed by atoms with van der Waals surface area (Å²) in [7, 11) is 0. The number of aromatic nitrogens is 2. The molecule has 2 amide bonds. The van der Waals surface area contributed by atoms with E-state index in [4.69, 9.17) is 0 Å². The lowest BCUT2D eigenvalue weighted by Crippen LogP contribution is -2.28. The molecular weight excluding hydrogens is 332 g/mol. The maximum atomic E-state index is 12.3. The van der Waals surface area contributed by atoms with Gasteiger partial charge in [0.15, 0.2) is 4.34 Å². The van der Waals surface area contributed by atoms with Gasteiger partial charge in [0.25, 0.3) is 0 Å². The van der Waals surface area contributed by atoms with Crippen molar-refractivity contribution in [1.82, 2.24) is 10.2 Å². The number of thioether (sulfide) groups is 1. The van der Waals surface area contributed by atoms with Crippen molar-refractivity contribution in [2.75, 3.05) is 22.5 Å². The standard InChI is InChI=1S/C15H16N4O2S2/c1-2-22-15-18-17-14(23-15)16-13(21)10-8-12(20)19(9-10)11-6-4-3-5-7-11/h3-7,10H,2,8-9H2,1H3,(H,16,17,21)/t10-/m0/s1. The van der Waals surface area contributed by atoms with Crippen LogP contribution in [-0.2, 0) is 9.59 Å². The minimum atomic E-state index is -0.367. The molecule has 1 aliphatic rings. The zero-order chi connectivity index (χ0) is 16.2. The van der Waals surface area contributed by atoms with Crippen LogP contribution in [0, 0.1) is 5.92 Å². The Morgan fingerprint density at radius 1 is 1.39 bits per heavy atom. The van der Waals surface area contributed by atoms with Gasteiger partial charge in [-0.2, -0.15) is 0 Å². The maximum Gasteiger partial charge on any atom is 0.231 e. The number of rotatable bonds is 5. The molecule has 8 heteroatoms. The molecule has 0 radical (unpaired) electrons. The molecule has 0 aliphatic carbocycles. The van der Waals surface area contributed by atoms with E-state index >= 15 is 0 Å². The summed E-state index contributed by atoms with van der Waals surface area (Å²) in [5, 5.41) is 11.2. The fraction of sp³-hybridized carbons (Fsp3) is 0.333. The van der Waals surface area contributed by atoms with Crippen molar-refractivity contribution in [3.05, 3.63) is 30.3 Å². The van der Waals surface area contributed by atoms with Crippen LogP contribution in [0.4, 0.5) is 10.8 Å². The molecule has 3 rings (SSSR count). The van der Waals surface area contributed by atoms with E-state index in [1.807, 2.05) is 37.3 Å².